The molecule has 7 nitrogen and oxygen atoms in total. The van der Waals surface area contributed by atoms with Crippen LogP contribution in [-0.4, -0.2) is 44.8 Å². The van der Waals surface area contributed by atoms with E-state index in [0.717, 1.165) is 15.4 Å². The van der Waals surface area contributed by atoms with Crippen LogP contribution in [0, 0.1) is 13.8 Å². The number of carbonyl (C=O) groups is 2. The number of benzene rings is 3. The number of anilines is 1. The molecule has 202 valence electrons. The highest BCUT2D eigenvalue weighted by Crippen LogP contribution is 2.29. The van der Waals surface area contributed by atoms with Crippen molar-refractivity contribution in [2.24, 2.45) is 0 Å². The summed E-state index contributed by atoms with van der Waals surface area (Å²) >= 11 is 12.8. The van der Waals surface area contributed by atoms with Gasteiger partial charge in [0.2, 0.25) is 11.8 Å². The highest BCUT2D eigenvalue weighted by molar-refractivity contribution is 7.92. The standard InChI is InChI=1S/C28H31Cl2N3O4S/c1-5-26(28(35)31-4)32(17-23-24(29)12-9-13-25(23)30)27(34)18-33(21-15-14-19(2)20(3)16-21)38(36,37)22-10-7-6-8-11-22/h6-16,26H,5,17-18H2,1-4H3,(H,31,35)/t26-/m1/s1. The van der Waals surface area contributed by atoms with Crippen molar-refractivity contribution in [2.75, 3.05) is 17.9 Å². The van der Waals surface area contributed by atoms with Crippen molar-refractivity contribution in [1.29, 1.82) is 0 Å². The lowest BCUT2D eigenvalue weighted by atomic mass is 10.1. The van der Waals surface area contributed by atoms with Gasteiger partial charge in [-0.2, -0.15) is 0 Å². The van der Waals surface area contributed by atoms with Crippen molar-refractivity contribution in [1.82, 2.24) is 10.2 Å². The van der Waals surface area contributed by atoms with E-state index in [0.29, 0.717) is 27.7 Å². The fourth-order valence-electron chi connectivity index (χ4n) is 4.07. The molecule has 0 aliphatic rings. The maximum absolute atomic E-state index is 14.0. The average molecular weight is 577 g/mol. The van der Waals surface area contributed by atoms with Gasteiger partial charge < -0.3 is 10.2 Å². The predicted octanol–water partition coefficient (Wildman–Crippen LogP) is 5.36. The minimum Gasteiger partial charge on any atom is -0.357 e. The van der Waals surface area contributed by atoms with Crippen LogP contribution in [-0.2, 0) is 26.2 Å². The zero-order chi connectivity index (χ0) is 28.0. The lowest BCUT2D eigenvalue weighted by Crippen LogP contribution is -2.51. The predicted molar refractivity (Wildman–Crippen MR) is 152 cm³/mol. The number of aryl methyl sites for hydroxylation is 2. The molecule has 0 aliphatic carbocycles. The molecule has 0 bridgehead atoms. The third-order valence-electron chi connectivity index (χ3n) is 6.41. The van der Waals surface area contributed by atoms with Gasteiger partial charge in [-0.25, -0.2) is 8.42 Å². The lowest BCUT2D eigenvalue weighted by molar-refractivity contribution is -0.140. The summed E-state index contributed by atoms with van der Waals surface area (Å²) in [4.78, 5) is 28.1. The Labute approximate surface area is 234 Å². The van der Waals surface area contributed by atoms with Crippen molar-refractivity contribution in [3.05, 3.63) is 93.5 Å². The van der Waals surface area contributed by atoms with Gasteiger partial charge in [0.25, 0.3) is 10.0 Å². The van der Waals surface area contributed by atoms with Gasteiger partial charge in [0.15, 0.2) is 0 Å². The van der Waals surface area contributed by atoms with Crippen LogP contribution in [0.4, 0.5) is 5.69 Å². The van der Waals surface area contributed by atoms with Crippen LogP contribution in [0.25, 0.3) is 0 Å². The molecule has 3 rings (SSSR count). The molecule has 38 heavy (non-hydrogen) atoms. The molecule has 0 spiro atoms. The number of sulfonamides is 1. The van der Waals surface area contributed by atoms with Crippen molar-refractivity contribution < 1.29 is 18.0 Å². The van der Waals surface area contributed by atoms with Crippen LogP contribution < -0.4 is 9.62 Å². The van der Waals surface area contributed by atoms with Crippen LogP contribution in [0.2, 0.25) is 10.0 Å². The maximum Gasteiger partial charge on any atom is 0.264 e. The topological polar surface area (TPSA) is 86.8 Å². The molecule has 0 radical (unpaired) electrons. The van der Waals surface area contributed by atoms with Gasteiger partial charge in [-0.3, -0.25) is 13.9 Å². The van der Waals surface area contributed by atoms with Gasteiger partial charge in [0.1, 0.15) is 12.6 Å². The van der Waals surface area contributed by atoms with Gasteiger partial charge in [-0.05, 0) is 67.8 Å². The Hall–Kier alpha value is -3.07. The van der Waals surface area contributed by atoms with Crippen LogP contribution in [0.1, 0.15) is 30.0 Å². The van der Waals surface area contributed by atoms with E-state index < -0.39 is 28.5 Å². The second-order valence-electron chi connectivity index (χ2n) is 8.85. The van der Waals surface area contributed by atoms with Gasteiger partial charge in [0.05, 0.1) is 10.6 Å². The molecule has 2 amide bonds. The van der Waals surface area contributed by atoms with E-state index in [4.69, 9.17) is 23.2 Å². The Morgan fingerprint density at radius 3 is 2.11 bits per heavy atom. The second-order valence-corrected chi connectivity index (χ2v) is 11.5. The monoisotopic (exact) mass is 575 g/mol. The molecule has 0 fully saturated rings. The zero-order valence-corrected chi connectivity index (χ0v) is 24.1. The highest BCUT2D eigenvalue weighted by Gasteiger charge is 2.34. The first-order chi connectivity index (χ1) is 18.0. The molecule has 0 heterocycles. The van der Waals surface area contributed by atoms with E-state index in [-0.39, 0.29) is 17.3 Å². The summed E-state index contributed by atoms with van der Waals surface area (Å²) in [5.74, 6) is -0.957. The van der Waals surface area contributed by atoms with Crippen LogP contribution in [0.3, 0.4) is 0 Å². The van der Waals surface area contributed by atoms with Crippen molar-refractivity contribution in [3.8, 4) is 0 Å². The molecule has 0 aromatic heterocycles. The third-order valence-corrected chi connectivity index (χ3v) is 8.91. The van der Waals surface area contributed by atoms with E-state index in [1.165, 1.54) is 24.1 Å². The highest BCUT2D eigenvalue weighted by atomic mass is 35.5. The SMILES string of the molecule is CC[C@H](C(=O)NC)N(Cc1c(Cl)cccc1Cl)C(=O)CN(c1ccc(C)c(C)c1)S(=O)(=O)c1ccccc1. The van der Waals surface area contributed by atoms with E-state index in [1.54, 1.807) is 55.5 Å². The first-order valence-corrected chi connectivity index (χ1v) is 14.3. The first-order valence-electron chi connectivity index (χ1n) is 12.1. The number of nitrogens with zero attached hydrogens (tertiary/aromatic N) is 2. The molecule has 1 N–H and O–H groups in total. The van der Waals surface area contributed by atoms with Crippen LogP contribution in [0.5, 0.6) is 0 Å². The molecular formula is C28H31Cl2N3O4S. The third kappa shape index (κ3) is 6.49. The summed E-state index contributed by atoms with van der Waals surface area (Å²) < 4.78 is 28.7. The normalized spacial score (nSPS) is 12.1. The van der Waals surface area contributed by atoms with E-state index in [2.05, 4.69) is 5.32 Å². The number of likely N-dealkylation sites (N-methyl/N-ethyl adjacent to an activating group) is 1. The number of nitrogens with one attached hydrogen (secondary N) is 1. The van der Waals surface area contributed by atoms with Crippen LogP contribution >= 0.6 is 23.2 Å². The zero-order valence-electron chi connectivity index (χ0n) is 21.7. The molecule has 0 aliphatic heterocycles. The van der Waals surface area contributed by atoms with E-state index >= 15 is 0 Å². The summed E-state index contributed by atoms with van der Waals surface area (Å²) in [5.41, 5.74) is 2.67. The quantitative estimate of drug-likeness (QED) is 0.352. The van der Waals surface area contributed by atoms with Crippen molar-refractivity contribution in [3.63, 3.8) is 0 Å². The van der Waals surface area contributed by atoms with Gasteiger partial charge >= 0.3 is 0 Å². The molecular weight excluding hydrogens is 545 g/mol. The molecule has 3 aromatic carbocycles. The molecule has 1 atom stereocenters. The van der Waals surface area contributed by atoms with Gasteiger partial charge in [0, 0.05) is 29.2 Å². The second kappa shape index (κ2) is 12.7. The van der Waals surface area contributed by atoms with Gasteiger partial charge in [-0.1, -0.05) is 60.5 Å². The Morgan fingerprint density at radius 2 is 1.55 bits per heavy atom. The number of amides is 2. The number of carbonyl (C=O) groups excluding carboxylic acids is 2. The summed E-state index contributed by atoms with van der Waals surface area (Å²) in [6.07, 6.45) is 0.294. The van der Waals surface area contributed by atoms with E-state index in [9.17, 15) is 18.0 Å². The minimum absolute atomic E-state index is 0.0464. The molecule has 10 heteroatoms. The maximum atomic E-state index is 14.0. The smallest absolute Gasteiger partial charge is 0.264 e. The fourth-order valence-corrected chi connectivity index (χ4v) is 6.01. The van der Waals surface area contributed by atoms with Crippen molar-refractivity contribution in [2.45, 2.75) is 44.7 Å². The Kier molecular flexibility index (Phi) is 9.82. The van der Waals surface area contributed by atoms with Gasteiger partial charge in [-0.15, -0.1) is 0 Å². The number of halogens is 2. The fraction of sp³-hybridized carbons (Fsp3) is 0.286. The summed E-state index contributed by atoms with van der Waals surface area (Å²) in [6.45, 7) is 4.96. The molecule has 0 saturated carbocycles. The number of hydrogen-bond acceptors (Lipinski definition) is 4. The number of rotatable bonds is 10. The van der Waals surface area contributed by atoms with Crippen molar-refractivity contribution >= 4 is 50.7 Å². The first kappa shape index (κ1) is 29.5. The minimum atomic E-state index is -4.13. The molecule has 3 aromatic rings. The summed E-state index contributed by atoms with van der Waals surface area (Å²) in [7, 11) is -2.64. The van der Waals surface area contributed by atoms with Crippen LogP contribution in [0.15, 0.2) is 71.6 Å². The Balaban J connectivity index is 2.11. The Morgan fingerprint density at radius 1 is 0.921 bits per heavy atom. The average Bonchev–Trinajstić information content (AvgIpc) is 2.90. The van der Waals surface area contributed by atoms with E-state index in [1.807, 2.05) is 19.9 Å². The Bertz CT molecular complexity index is 1390. The molecule has 0 unspecified atom stereocenters. The lowest BCUT2D eigenvalue weighted by Gasteiger charge is -2.33. The largest absolute Gasteiger partial charge is 0.357 e. The summed E-state index contributed by atoms with van der Waals surface area (Å²) in [6, 6.07) is 17.2. The molecule has 0 saturated heterocycles. The number of hydrogen-bond donors (Lipinski definition) is 1. The summed E-state index contributed by atoms with van der Waals surface area (Å²) in [5, 5.41) is 3.27.